The van der Waals surface area contributed by atoms with Crippen LogP contribution in [0.25, 0.3) is 17.1 Å². The zero-order valence-corrected chi connectivity index (χ0v) is 19.2. The van der Waals surface area contributed by atoms with Gasteiger partial charge >= 0.3 is 0 Å². The Morgan fingerprint density at radius 1 is 1.19 bits per heavy atom. The van der Waals surface area contributed by atoms with Crippen molar-refractivity contribution < 1.29 is 14.0 Å². The number of thioether (sulfide) groups is 1. The highest BCUT2D eigenvalue weighted by molar-refractivity contribution is 7.99. The summed E-state index contributed by atoms with van der Waals surface area (Å²) in [5, 5.41) is 11.0. The van der Waals surface area contributed by atoms with Crippen LogP contribution in [0.1, 0.15) is 15.2 Å². The van der Waals surface area contributed by atoms with Crippen molar-refractivity contribution in [3.8, 4) is 17.1 Å². The number of thiazole rings is 1. The number of rotatable bonds is 7. The molecule has 0 saturated carbocycles. The summed E-state index contributed by atoms with van der Waals surface area (Å²) in [5.41, 5.74) is 8.10. The molecule has 0 fully saturated rings. The average Bonchev–Trinajstić information content (AvgIpc) is 3.37. The van der Waals surface area contributed by atoms with Gasteiger partial charge in [-0.05, 0) is 43.4 Å². The smallest absolute Gasteiger partial charge is 0.277 e. The molecule has 2 amide bonds. The summed E-state index contributed by atoms with van der Waals surface area (Å²) in [6.45, 7) is 1.97. The van der Waals surface area contributed by atoms with Crippen LogP contribution >= 0.6 is 35.3 Å². The van der Waals surface area contributed by atoms with E-state index < -0.39 is 5.91 Å². The first-order valence-electron chi connectivity index (χ1n) is 9.36. The summed E-state index contributed by atoms with van der Waals surface area (Å²) in [4.78, 5) is 24.8. The van der Waals surface area contributed by atoms with Gasteiger partial charge in [-0.1, -0.05) is 59.0 Å². The predicted octanol–water partition coefficient (Wildman–Crippen LogP) is 4.46. The number of benzene rings is 2. The number of primary amides is 1. The van der Waals surface area contributed by atoms with E-state index in [0.717, 1.165) is 34.2 Å². The first-order chi connectivity index (χ1) is 15.4. The molecule has 8 nitrogen and oxygen atoms in total. The SMILES string of the molecule is Cc1cccc(-c2nnc(SCC(=O)Nc3c(C(N)=O)sc(=S)n3-c3ccccc3)o2)c1. The Bertz CT molecular complexity index is 1340. The largest absolute Gasteiger partial charge is 0.411 e. The fourth-order valence-corrected chi connectivity index (χ4v) is 4.74. The second-order valence-electron chi connectivity index (χ2n) is 6.66. The normalized spacial score (nSPS) is 10.8. The number of anilines is 1. The monoisotopic (exact) mass is 483 g/mol. The van der Waals surface area contributed by atoms with E-state index in [1.807, 2.05) is 61.5 Å². The molecule has 3 N–H and O–H groups in total. The lowest BCUT2D eigenvalue weighted by Crippen LogP contribution is -2.20. The van der Waals surface area contributed by atoms with Crippen molar-refractivity contribution in [3.63, 3.8) is 0 Å². The molecule has 2 aromatic carbocycles. The van der Waals surface area contributed by atoms with Crippen molar-refractivity contribution in [2.75, 3.05) is 11.1 Å². The number of aromatic nitrogens is 3. The highest BCUT2D eigenvalue weighted by atomic mass is 32.2. The van der Waals surface area contributed by atoms with Crippen LogP contribution in [0.4, 0.5) is 5.82 Å². The molecule has 4 rings (SSSR count). The fraction of sp³-hybridized carbons (Fsp3) is 0.0952. The Morgan fingerprint density at radius 2 is 1.97 bits per heavy atom. The molecule has 32 heavy (non-hydrogen) atoms. The topological polar surface area (TPSA) is 116 Å². The minimum absolute atomic E-state index is 0.00888. The number of hydrogen-bond donors (Lipinski definition) is 2. The van der Waals surface area contributed by atoms with Gasteiger partial charge in [-0.25, -0.2) is 0 Å². The molecular formula is C21H17N5O3S3. The molecule has 0 aliphatic rings. The zero-order valence-electron chi connectivity index (χ0n) is 16.8. The molecule has 0 unspecified atom stereocenters. The minimum atomic E-state index is -0.668. The Morgan fingerprint density at radius 3 is 2.69 bits per heavy atom. The van der Waals surface area contributed by atoms with Crippen LogP contribution in [-0.2, 0) is 4.79 Å². The molecule has 0 aliphatic carbocycles. The Kier molecular flexibility index (Phi) is 6.49. The summed E-state index contributed by atoms with van der Waals surface area (Å²) in [6.07, 6.45) is 0. The van der Waals surface area contributed by atoms with Gasteiger partial charge in [-0.2, -0.15) is 0 Å². The number of nitrogens with two attached hydrogens (primary N) is 1. The maximum atomic E-state index is 12.7. The van der Waals surface area contributed by atoms with E-state index in [1.54, 1.807) is 4.57 Å². The van der Waals surface area contributed by atoms with Gasteiger partial charge in [-0.3, -0.25) is 14.2 Å². The minimum Gasteiger partial charge on any atom is -0.411 e. The van der Waals surface area contributed by atoms with Crippen LogP contribution in [0.3, 0.4) is 0 Å². The molecule has 2 aromatic heterocycles. The molecule has 0 saturated heterocycles. The van der Waals surface area contributed by atoms with E-state index in [-0.39, 0.29) is 27.6 Å². The number of para-hydroxylation sites is 1. The molecule has 0 bridgehead atoms. The standard InChI is InChI=1S/C21H17N5O3S3/c1-12-6-5-7-13(10-12)19-24-25-20(29-19)31-11-15(27)23-18-16(17(22)28)32-21(30)26(18)14-8-3-2-4-9-14/h2-10H,11H2,1H3,(H2,22,28)(H,23,27). The number of carbonyl (C=O) groups is 2. The third-order valence-electron chi connectivity index (χ3n) is 4.30. The average molecular weight is 484 g/mol. The number of hydrogen-bond acceptors (Lipinski definition) is 8. The molecule has 11 heteroatoms. The van der Waals surface area contributed by atoms with Crippen molar-refractivity contribution >= 4 is 52.9 Å². The first kappa shape index (κ1) is 21.9. The summed E-state index contributed by atoms with van der Waals surface area (Å²) < 4.78 is 7.66. The van der Waals surface area contributed by atoms with Gasteiger partial charge in [0.2, 0.25) is 11.8 Å². The highest BCUT2D eigenvalue weighted by Crippen LogP contribution is 2.29. The molecule has 0 spiro atoms. The van der Waals surface area contributed by atoms with E-state index in [2.05, 4.69) is 15.5 Å². The number of nitrogens with one attached hydrogen (secondary N) is 1. The third-order valence-corrected chi connectivity index (χ3v) is 6.51. The van der Waals surface area contributed by atoms with Gasteiger partial charge in [0.15, 0.2) is 3.95 Å². The molecule has 0 atom stereocenters. The molecular weight excluding hydrogens is 466 g/mol. The van der Waals surface area contributed by atoms with Crippen LogP contribution in [0.5, 0.6) is 0 Å². The number of carbonyl (C=O) groups excluding carboxylic acids is 2. The van der Waals surface area contributed by atoms with Gasteiger partial charge < -0.3 is 15.5 Å². The summed E-state index contributed by atoms with van der Waals surface area (Å²) in [5.74, 6) is -0.424. The van der Waals surface area contributed by atoms with Crippen LogP contribution in [-0.4, -0.2) is 32.3 Å². The molecule has 4 aromatic rings. The second-order valence-corrected chi connectivity index (χ2v) is 9.23. The first-order valence-corrected chi connectivity index (χ1v) is 11.6. The molecule has 162 valence electrons. The highest BCUT2D eigenvalue weighted by Gasteiger charge is 2.21. The van der Waals surface area contributed by atoms with Crippen molar-refractivity contribution in [1.82, 2.24) is 14.8 Å². The van der Waals surface area contributed by atoms with Gasteiger partial charge in [0, 0.05) is 11.3 Å². The van der Waals surface area contributed by atoms with E-state index >= 15 is 0 Å². The van der Waals surface area contributed by atoms with Crippen LogP contribution in [0.2, 0.25) is 0 Å². The maximum Gasteiger partial charge on any atom is 0.277 e. The lowest BCUT2D eigenvalue weighted by atomic mass is 10.1. The van der Waals surface area contributed by atoms with Gasteiger partial charge in [-0.15, -0.1) is 10.2 Å². The van der Waals surface area contributed by atoms with E-state index in [9.17, 15) is 9.59 Å². The van der Waals surface area contributed by atoms with Crippen molar-refractivity contribution in [2.24, 2.45) is 5.73 Å². The van der Waals surface area contributed by atoms with Crippen LogP contribution < -0.4 is 11.1 Å². The van der Waals surface area contributed by atoms with Crippen molar-refractivity contribution in [2.45, 2.75) is 12.1 Å². The number of nitrogens with zero attached hydrogens (tertiary/aromatic N) is 3. The molecule has 0 radical (unpaired) electrons. The van der Waals surface area contributed by atoms with E-state index in [0.29, 0.717) is 15.5 Å². The van der Waals surface area contributed by atoms with Gasteiger partial charge in [0.1, 0.15) is 10.7 Å². The predicted molar refractivity (Wildman–Crippen MR) is 127 cm³/mol. The quantitative estimate of drug-likeness (QED) is 0.294. The van der Waals surface area contributed by atoms with Crippen molar-refractivity contribution in [1.29, 1.82) is 0 Å². The van der Waals surface area contributed by atoms with Crippen LogP contribution in [0, 0.1) is 10.9 Å². The van der Waals surface area contributed by atoms with E-state index in [4.69, 9.17) is 22.4 Å². The van der Waals surface area contributed by atoms with Crippen LogP contribution in [0.15, 0.2) is 64.2 Å². The van der Waals surface area contributed by atoms with E-state index in [1.165, 1.54) is 0 Å². The molecule has 0 aliphatic heterocycles. The maximum absolute atomic E-state index is 12.7. The Balaban J connectivity index is 1.50. The second kappa shape index (κ2) is 9.47. The fourth-order valence-electron chi connectivity index (χ4n) is 2.92. The lowest BCUT2D eigenvalue weighted by molar-refractivity contribution is -0.113. The lowest BCUT2D eigenvalue weighted by Gasteiger charge is -2.11. The zero-order chi connectivity index (χ0) is 22.7. The summed E-state index contributed by atoms with van der Waals surface area (Å²) in [6, 6.07) is 16.9. The Hall–Kier alpha value is -3.28. The summed E-state index contributed by atoms with van der Waals surface area (Å²) in [7, 11) is 0. The Labute approximate surface area is 196 Å². The number of amides is 2. The van der Waals surface area contributed by atoms with Gasteiger partial charge in [0.25, 0.3) is 11.1 Å². The summed E-state index contributed by atoms with van der Waals surface area (Å²) >= 11 is 7.53. The number of aryl methyl sites for hydroxylation is 1. The van der Waals surface area contributed by atoms with Gasteiger partial charge in [0.05, 0.1) is 5.75 Å². The third kappa shape index (κ3) is 4.79. The molecule has 2 heterocycles. The van der Waals surface area contributed by atoms with Crippen molar-refractivity contribution in [3.05, 3.63) is 69.0 Å².